The van der Waals surface area contributed by atoms with Gasteiger partial charge in [0.05, 0.1) is 17.7 Å². The quantitative estimate of drug-likeness (QED) is 0.811. The number of rotatable bonds is 3. The van der Waals surface area contributed by atoms with Crippen LogP contribution in [-0.2, 0) is 4.79 Å². The van der Waals surface area contributed by atoms with Gasteiger partial charge in [0.1, 0.15) is 0 Å². The van der Waals surface area contributed by atoms with Crippen LogP contribution in [0.2, 0.25) is 0 Å². The van der Waals surface area contributed by atoms with Crippen LogP contribution < -0.4 is 5.32 Å². The minimum absolute atomic E-state index is 0.0668. The van der Waals surface area contributed by atoms with Crippen LogP contribution in [0, 0.1) is 0 Å². The molecule has 2 aliphatic heterocycles. The fraction of sp³-hybridized carbons (Fsp3) is 0.375. The molecule has 1 saturated heterocycles. The molecule has 1 aromatic carbocycles. The summed E-state index contributed by atoms with van der Waals surface area (Å²) in [7, 11) is 1.40. The van der Waals surface area contributed by atoms with E-state index in [1.54, 1.807) is 4.90 Å². The molecular formula is C16H17N3O4. The predicted molar refractivity (Wildman–Crippen MR) is 81.0 cm³/mol. The fourth-order valence-corrected chi connectivity index (χ4v) is 2.84. The minimum Gasteiger partial charge on any atom is -0.343 e. The molecular weight excluding hydrogens is 298 g/mol. The van der Waals surface area contributed by atoms with E-state index in [1.807, 2.05) is 0 Å². The number of carbonyl (C=O) groups excluding carboxylic acids is 4. The van der Waals surface area contributed by atoms with Crippen LogP contribution in [0.3, 0.4) is 0 Å². The Morgan fingerprint density at radius 3 is 2.43 bits per heavy atom. The van der Waals surface area contributed by atoms with E-state index in [2.05, 4.69) is 5.32 Å². The van der Waals surface area contributed by atoms with Crippen LogP contribution in [0.4, 0.5) is 0 Å². The number of hydrogen-bond donors (Lipinski definition) is 1. The van der Waals surface area contributed by atoms with E-state index in [1.165, 1.54) is 25.2 Å². The molecule has 0 spiro atoms. The number of nitrogens with zero attached hydrogens (tertiary/aromatic N) is 2. The fourth-order valence-electron chi connectivity index (χ4n) is 2.84. The molecule has 120 valence electrons. The number of fused-ring (bicyclic) bond motifs is 1. The van der Waals surface area contributed by atoms with Crippen molar-refractivity contribution in [1.29, 1.82) is 0 Å². The number of nitrogens with one attached hydrogen (secondary N) is 1. The Morgan fingerprint density at radius 2 is 1.74 bits per heavy atom. The first kappa shape index (κ1) is 15.2. The van der Waals surface area contributed by atoms with Gasteiger partial charge in [0.25, 0.3) is 17.7 Å². The van der Waals surface area contributed by atoms with Crippen molar-refractivity contribution in [3.63, 3.8) is 0 Å². The van der Waals surface area contributed by atoms with Gasteiger partial charge in [-0.15, -0.1) is 0 Å². The van der Waals surface area contributed by atoms with Crippen LogP contribution in [0.15, 0.2) is 18.2 Å². The SMILES string of the molecule is CN1C(=O)c2ccc(C(=O)NCC(=O)N3CCCC3)cc2C1=O. The van der Waals surface area contributed by atoms with Gasteiger partial charge in [-0.2, -0.15) is 0 Å². The van der Waals surface area contributed by atoms with Crippen molar-refractivity contribution in [3.05, 3.63) is 34.9 Å². The van der Waals surface area contributed by atoms with E-state index in [0.29, 0.717) is 5.56 Å². The Labute approximate surface area is 133 Å². The highest BCUT2D eigenvalue weighted by atomic mass is 16.2. The molecule has 7 heteroatoms. The normalized spacial score (nSPS) is 16.7. The Bertz CT molecular complexity index is 707. The topological polar surface area (TPSA) is 86.8 Å². The van der Waals surface area contributed by atoms with Gasteiger partial charge in [0.2, 0.25) is 5.91 Å². The molecule has 1 N–H and O–H groups in total. The van der Waals surface area contributed by atoms with E-state index < -0.39 is 11.8 Å². The Hall–Kier alpha value is -2.70. The third-order valence-corrected chi connectivity index (χ3v) is 4.21. The number of benzene rings is 1. The van der Waals surface area contributed by atoms with Gasteiger partial charge < -0.3 is 10.2 Å². The summed E-state index contributed by atoms with van der Waals surface area (Å²) in [5.74, 6) is -1.34. The van der Waals surface area contributed by atoms with E-state index in [4.69, 9.17) is 0 Å². The molecule has 1 aromatic rings. The van der Waals surface area contributed by atoms with Crippen LogP contribution in [-0.4, -0.2) is 60.1 Å². The number of likely N-dealkylation sites (tertiary alicyclic amines) is 1. The summed E-state index contributed by atoms with van der Waals surface area (Å²) in [6, 6.07) is 4.35. The van der Waals surface area contributed by atoms with Crippen molar-refractivity contribution in [3.8, 4) is 0 Å². The van der Waals surface area contributed by atoms with Crippen LogP contribution in [0.1, 0.15) is 43.9 Å². The first-order valence-corrected chi connectivity index (χ1v) is 7.51. The zero-order chi connectivity index (χ0) is 16.6. The lowest BCUT2D eigenvalue weighted by atomic mass is 10.1. The van der Waals surface area contributed by atoms with Gasteiger partial charge in [-0.05, 0) is 31.0 Å². The predicted octanol–water partition coefficient (Wildman–Crippen LogP) is 0.265. The molecule has 3 rings (SSSR count). The highest BCUT2D eigenvalue weighted by Crippen LogP contribution is 2.22. The van der Waals surface area contributed by atoms with Crippen molar-refractivity contribution >= 4 is 23.6 Å². The summed E-state index contributed by atoms with van der Waals surface area (Å²) in [6.07, 6.45) is 1.99. The molecule has 0 saturated carbocycles. The summed E-state index contributed by atoms with van der Waals surface area (Å²) in [5, 5.41) is 2.56. The summed E-state index contributed by atoms with van der Waals surface area (Å²) >= 11 is 0. The second-order valence-electron chi connectivity index (χ2n) is 5.70. The molecule has 0 aliphatic carbocycles. The Kier molecular flexibility index (Phi) is 3.85. The maximum atomic E-state index is 12.1. The number of amides is 4. The molecule has 2 aliphatic rings. The van der Waals surface area contributed by atoms with Gasteiger partial charge >= 0.3 is 0 Å². The molecule has 7 nitrogen and oxygen atoms in total. The summed E-state index contributed by atoms with van der Waals surface area (Å²) < 4.78 is 0. The van der Waals surface area contributed by atoms with E-state index in [0.717, 1.165) is 30.8 Å². The number of hydrogen-bond acceptors (Lipinski definition) is 4. The largest absolute Gasteiger partial charge is 0.343 e. The van der Waals surface area contributed by atoms with Gasteiger partial charge in [0.15, 0.2) is 0 Å². The first-order chi connectivity index (χ1) is 11.0. The summed E-state index contributed by atoms with van der Waals surface area (Å²) in [6.45, 7) is 1.40. The molecule has 2 heterocycles. The van der Waals surface area contributed by atoms with Crippen molar-refractivity contribution in [2.75, 3.05) is 26.7 Å². The van der Waals surface area contributed by atoms with Gasteiger partial charge in [-0.1, -0.05) is 0 Å². The molecule has 0 aromatic heterocycles. The summed E-state index contributed by atoms with van der Waals surface area (Å²) in [4.78, 5) is 50.5. The maximum Gasteiger partial charge on any atom is 0.261 e. The molecule has 0 bridgehead atoms. The van der Waals surface area contributed by atoms with Crippen molar-refractivity contribution in [1.82, 2.24) is 15.1 Å². The van der Waals surface area contributed by atoms with E-state index >= 15 is 0 Å². The van der Waals surface area contributed by atoms with Crippen molar-refractivity contribution < 1.29 is 19.2 Å². The Balaban J connectivity index is 1.68. The minimum atomic E-state index is -0.435. The molecule has 0 atom stereocenters. The average Bonchev–Trinajstić information content (AvgIpc) is 3.17. The van der Waals surface area contributed by atoms with E-state index in [9.17, 15) is 19.2 Å². The average molecular weight is 315 g/mol. The third-order valence-electron chi connectivity index (χ3n) is 4.21. The second kappa shape index (κ2) is 5.83. The van der Waals surface area contributed by atoms with Crippen LogP contribution in [0.25, 0.3) is 0 Å². The standard InChI is InChI=1S/C16H17N3O4/c1-18-15(22)11-5-4-10(8-12(11)16(18)23)14(21)17-9-13(20)19-6-2-3-7-19/h4-5,8H,2-3,6-7,9H2,1H3,(H,17,21). The Morgan fingerprint density at radius 1 is 1.09 bits per heavy atom. The lowest BCUT2D eigenvalue weighted by Gasteiger charge is -2.15. The first-order valence-electron chi connectivity index (χ1n) is 7.51. The van der Waals surface area contributed by atoms with Gasteiger partial charge in [-0.25, -0.2) is 0 Å². The smallest absolute Gasteiger partial charge is 0.261 e. The lowest BCUT2D eigenvalue weighted by Crippen LogP contribution is -2.38. The molecule has 23 heavy (non-hydrogen) atoms. The zero-order valence-corrected chi connectivity index (χ0v) is 12.8. The second-order valence-corrected chi connectivity index (χ2v) is 5.70. The van der Waals surface area contributed by atoms with Gasteiger partial charge in [-0.3, -0.25) is 24.1 Å². The number of carbonyl (C=O) groups is 4. The van der Waals surface area contributed by atoms with Crippen molar-refractivity contribution in [2.24, 2.45) is 0 Å². The van der Waals surface area contributed by atoms with Crippen molar-refractivity contribution in [2.45, 2.75) is 12.8 Å². The highest BCUT2D eigenvalue weighted by Gasteiger charge is 2.33. The third kappa shape index (κ3) is 2.69. The number of imide groups is 1. The zero-order valence-electron chi connectivity index (χ0n) is 12.8. The monoisotopic (exact) mass is 315 g/mol. The molecule has 1 fully saturated rings. The van der Waals surface area contributed by atoms with Crippen LogP contribution in [0.5, 0.6) is 0 Å². The van der Waals surface area contributed by atoms with Gasteiger partial charge in [0, 0.05) is 25.7 Å². The highest BCUT2D eigenvalue weighted by molar-refractivity contribution is 6.21. The lowest BCUT2D eigenvalue weighted by molar-refractivity contribution is -0.129. The van der Waals surface area contributed by atoms with Crippen LogP contribution >= 0.6 is 0 Å². The summed E-state index contributed by atoms with van der Waals surface area (Å²) in [5.41, 5.74) is 0.771. The molecule has 4 amide bonds. The molecule has 0 radical (unpaired) electrons. The van der Waals surface area contributed by atoms with E-state index in [-0.39, 0.29) is 29.5 Å². The maximum absolute atomic E-state index is 12.1. The molecule has 0 unspecified atom stereocenters.